The molecule has 0 fully saturated rings. The van der Waals surface area contributed by atoms with Crippen LogP contribution in [0.5, 0.6) is 5.75 Å². The molecular weight excluding hydrogens is 345 g/mol. The third-order valence-electron chi connectivity index (χ3n) is 4.15. The molecule has 0 N–H and O–H groups in total. The molecule has 0 amide bonds. The molecule has 0 radical (unpaired) electrons. The molecule has 5 nitrogen and oxygen atoms in total. The van der Waals surface area contributed by atoms with Crippen LogP contribution in [0.1, 0.15) is 21.5 Å². The molecule has 132 valence electrons. The zero-order chi connectivity index (χ0) is 18.4. The predicted octanol–water partition coefficient (Wildman–Crippen LogP) is 2.87. The van der Waals surface area contributed by atoms with Crippen LogP contribution < -0.4 is 4.74 Å². The van der Waals surface area contributed by atoms with Crippen molar-refractivity contribution in [1.82, 2.24) is 4.31 Å². The molecule has 0 aliphatic carbocycles. The van der Waals surface area contributed by atoms with Crippen molar-refractivity contribution in [2.24, 2.45) is 0 Å². The first-order valence-corrected chi connectivity index (χ1v) is 9.14. The molecule has 7 heteroatoms. The highest BCUT2D eigenvalue weighted by Crippen LogP contribution is 2.37. The van der Waals surface area contributed by atoms with Gasteiger partial charge in [0.2, 0.25) is 15.8 Å². The summed E-state index contributed by atoms with van der Waals surface area (Å²) in [6, 6.07) is 10.9. The first-order valence-electron chi connectivity index (χ1n) is 7.70. The van der Waals surface area contributed by atoms with Gasteiger partial charge < -0.3 is 4.74 Å². The maximum atomic E-state index is 15.1. The lowest BCUT2D eigenvalue weighted by Gasteiger charge is -2.24. The summed E-state index contributed by atoms with van der Waals surface area (Å²) >= 11 is 0. The van der Waals surface area contributed by atoms with Crippen LogP contribution in [0.4, 0.5) is 4.39 Å². The summed E-state index contributed by atoms with van der Waals surface area (Å²) in [5.41, 5.74) is 1.83. The van der Waals surface area contributed by atoms with Gasteiger partial charge in [-0.05, 0) is 38.1 Å². The Morgan fingerprint density at radius 1 is 1.08 bits per heavy atom. The van der Waals surface area contributed by atoms with Gasteiger partial charge in [-0.1, -0.05) is 29.3 Å². The van der Waals surface area contributed by atoms with Gasteiger partial charge in [-0.2, -0.15) is 8.70 Å². The van der Waals surface area contributed by atoms with Crippen LogP contribution in [0.15, 0.2) is 47.4 Å². The molecule has 0 saturated carbocycles. The van der Waals surface area contributed by atoms with Gasteiger partial charge in [0.25, 0.3) is 0 Å². The molecule has 0 saturated heterocycles. The molecule has 0 bridgehead atoms. The average Bonchev–Trinajstić information content (AvgIpc) is 2.79. The Bertz CT molecular complexity index is 940. The molecule has 1 aliphatic rings. The van der Waals surface area contributed by atoms with E-state index in [-0.39, 0.29) is 16.2 Å². The van der Waals surface area contributed by atoms with Crippen molar-refractivity contribution < 1.29 is 22.3 Å². The van der Waals surface area contributed by atoms with Crippen molar-refractivity contribution in [2.45, 2.75) is 24.6 Å². The number of Topliss-reactive ketones (excluding diaryl/α,β-unsaturated/α-hetero) is 1. The summed E-state index contributed by atoms with van der Waals surface area (Å²) in [5.74, 6) is -3.47. The lowest BCUT2D eigenvalue weighted by atomic mass is 10.0. The maximum absolute atomic E-state index is 15.1. The van der Waals surface area contributed by atoms with Gasteiger partial charge in [0, 0.05) is 7.05 Å². The zero-order valence-electron chi connectivity index (χ0n) is 14.1. The molecule has 1 unspecified atom stereocenters. The highest BCUT2D eigenvalue weighted by molar-refractivity contribution is 7.89. The van der Waals surface area contributed by atoms with Gasteiger partial charge in [0.1, 0.15) is 5.75 Å². The van der Waals surface area contributed by atoms with E-state index < -0.39 is 28.2 Å². The number of halogens is 1. The standard InChI is InChI=1S/C18H18FNO4S/c1-12-4-7-14(8-5-12)25(22,23)20(3)11-18(19)17(21)15-10-13(2)6-9-16(15)24-18/h4-10H,11H2,1-3H3. The fourth-order valence-corrected chi connectivity index (χ4v) is 3.87. The van der Waals surface area contributed by atoms with Crippen LogP contribution in [0.2, 0.25) is 0 Å². The zero-order valence-corrected chi connectivity index (χ0v) is 14.9. The monoisotopic (exact) mass is 363 g/mol. The minimum absolute atomic E-state index is 0.0306. The Kier molecular flexibility index (Phi) is 4.17. The van der Waals surface area contributed by atoms with Crippen molar-refractivity contribution in [2.75, 3.05) is 13.6 Å². The van der Waals surface area contributed by atoms with Crippen molar-refractivity contribution in [3.8, 4) is 5.75 Å². The van der Waals surface area contributed by atoms with E-state index in [1.165, 1.54) is 31.3 Å². The molecule has 0 aromatic heterocycles. The van der Waals surface area contributed by atoms with Gasteiger partial charge in [-0.15, -0.1) is 0 Å². The fourth-order valence-electron chi connectivity index (χ4n) is 2.70. The third-order valence-corrected chi connectivity index (χ3v) is 5.96. The van der Waals surface area contributed by atoms with Crippen LogP contribution in [-0.4, -0.2) is 38.0 Å². The second-order valence-corrected chi connectivity index (χ2v) is 8.28. The molecular formula is C18H18FNO4S. The van der Waals surface area contributed by atoms with Crippen molar-refractivity contribution in [3.05, 3.63) is 59.2 Å². The molecule has 25 heavy (non-hydrogen) atoms. The summed E-state index contributed by atoms with van der Waals surface area (Å²) < 4.78 is 46.3. The summed E-state index contributed by atoms with van der Waals surface area (Å²) in [6.45, 7) is 2.89. The van der Waals surface area contributed by atoms with E-state index in [2.05, 4.69) is 0 Å². The lowest BCUT2D eigenvalue weighted by Crippen LogP contribution is -2.47. The van der Waals surface area contributed by atoms with Crippen LogP contribution in [0.25, 0.3) is 0 Å². The Hall–Kier alpha value is -2.25. The summed E-state index contributed by atoms with van der Waals surface area (Å²) in [6.07, 6.45) is 0. The SMILES string of the molecule is Cc1ccc(S(=O)(=O)N(C)CC2(F)Oc3ccc(C)cc3C2=O)cc1. The number of sulfonamides is 1. The molecule has 1 atom stereocenters. The molecule has 0 spiro atoms. The Balaban J connectivity index is 1.87. The number of nitrogens with zero attached hydrogens (tertiary/aromatic N) is 1. The van der Waals surface area contributed by atoms with E-state index in [0.29, 0.717) is 0 Å². The molecule has 2 aromatic carbocycles. The van der Waals surface area contributed by atoms with E-state index in [1.807, 2.05) is 6.92 Å². The Morgan fingerprint density at radius 3 is 2.32 bits per heavy atom. The van der Waals surface area contributed by atoms with Crippen LogP contribution >= 0.6 is 0 Å². The fraction of sp³-hybridized carbons (Fsp3) is 0.278. The predicted molar refractivity (Wildman–Crippen MR) is 91.0 cm³/mol. The minimum atomic E-state index is -3.94. The highest BCUT2D eigenvalue weighted by Gasteiger charge is 2.50. The van der Waals surface area contributed by atoms with Crippen LogP contribution in [0, 0.1) is 13.8 Å². The minimum Gasteiger partial charge on any atom is -0.449 e. The second kappa shape index (κ2) is 5.93. The topological polar surface area (TPSA) is 63.7 Å². The number of hydrogen-bond donors (Lipinski definition) is 0. The number of ketones is 1. The number of aryl methyl sites for hydroxylation is 2. The Labute approximate surface area is 146 Å². The molecule has 3 rings (SSSR count). The van der Waals surface area contributed by atoms with E-state index in [4.69, 9.17) is 4.74 Å². The number of fused-ring (bicyclic) bond motifs is 1. The number of benzene rings is 2. The maximum Gasteiger partial charge on any atom is 0.325 e. The van der Waals surface area contributed by atoms with Crippen molar-refractivity contribution >= 4 is 15.8 Å². The van der Waals surface area contributed by atoms with Gasteiger partial charge in [0.15, 0.2) is 0 Å². The van der Waals surface area contributed by atoms with Gasteiger partial charge in [0.05, 0.1) is 17.0 Å². The molecule has 1 heterocycles. The first-order chi connectivity index (χ1) is 11.6. The first kappa shape index (κ1) is 17.6. The lowest BCUT2D eigenvalue weighted by molar-refractivity contribution is -0.0303. The number of carbonyl (C=O) groups excluding carboxylic acids is 1. The average molecular weight is 363 g/mol. The second-order valence-electron chi connectivity index (χ2n) is 6.23. The number of rotatable bonds is 4. The van der Waals surface area contributed by atoms with Crippen molar-refractivity contribution in [1.29, 1.82) is 0 Å². The number of carbonyl (C=O) groups is 1. The van der Waals surface area contributed by atoms with Gasteiger partial charge in [-0.3, -0.25) is 4.79 Å². The number of likely N-dealkylation sites (N-methyl/N-ethyl adjacent to an activating group) is 1. The van der Waals surface area contributed by atoms with E-state index in [0.717, 1.165) is 15.4 Å². The van der Waals surface area contributed by atoms with E-state index in [9.17, 15) is 13.2 Å². The molecule has 2 aromatic rings. The van der Waals surface area contributed by atoms with Gasteiger partial charge >= 0.3 is 5.85 Å². The quantitative estimate of drug-likeness (QED) is 0.838. The Morgan fingerprint density at radius 2 is 1.68 bits per heavy atom. The third kappa shape index (κ3) is 3.05. The van der Waals surface area contributed by atoms with Crippen LogP contribution in [0.3, 0.4) is 0 Å². The molecule has 1 aliphatic heterocycles. The highest BCUT2D eigenvalue weighted by atomic mass is 32.2. The van der Waals surface area contributed by atoms with Gasteiger partial charge in [-0.25, -0.2) is 8.42 Å². The smallest absolute Gasteiger partial charge is 0.325 e. The summed E-state index contributed by atoms with van der Waals surface area (Å²) in [5, 5.41) is 0. The number of hydrogen-bond acceptors (Lipinski definition) is 4. The number of alkyl halides is 1. The summed E-state index contributed by atoms with van der Waals surface area (Å²) in [4.78, 5) is 12.4. The normalized spacial score (nSPS) is 19.8. The van der Waals surface area contributed by atoms with E-state index in [1.54, 1.807) is 25.1 Å². The number of ether oxygens (including phenoxy) is 1. The van der Waals surface area contributed by atoms with E-state index >= 15 is 4.39 Å². The van der Waals surface area contributed by atoms with Crippen molar-refractivity contribution in [3.63, 3.8) is 0 Å². The van der Waals surface area contributed by atoms with Crippen LogP contribution in [-0.2, 0) is 10.0 Å². The largest absolute Gasteiger partial charge is 0.449 e. The summed E-state index contributed by atoms with van der Waals surface area (Å²) in [7, 11) is -2.72.